The molecule has 0 aromatic carbocycles. The molecule has 0 radical (unpaired) electrons. The molecule has 19 heavy (non-hydrogen) atoms. The maximum absolute atomic E-state index is 6.17. The van der Waals surface area contributed by atoms with Crippen molar-refractivity contribution in [3.63, 3.8) is 0 Å². The van der Waals surface area contributed by atoms with E-state index >= 15 is 0 Å². The van der Waals surface area contributed by atoms with Crippen LogP contribution < -0.4 is 5.73 Å². The van der Waals surface area contributed by atoms with E-state index in [9.17, 15) is 0 Å². The first-order chi connectivity index (χ1) is 9.11. The van der Waals surface area contributed by atoms with Gasteiger partial charge in [0.05, 0.1) is 12.7 Å². The van der Waals surface area contributed by atoms with Gasteiger partial charge >= 0.3 is 0 Å². The number of methoxy groups -OCH3 is 1. The molecule has 0 amide bonds. The van der Waals surface area contributed by atoms with E-state index in [0.29, 0.717) is 17.9 Å². The SMILES string of the molecule is COCC1CCN(C2(CN)CCOC(C(C)C)C2)C1. The number of hydrogen-bond donors (Lipinski definition) is 1. The molecule has 0 aromatic rings. The van der Waals surface area contributed by atoms with Gasteiger partial charge in [-0.1, -0.05) is 13.8 Å². The second kappa shape index (κ2) is 6.53. The van der Waals surface area contributed by atoms with Crippen molar-refractivity contribution in [3.05, 3.63) is 0 Å². The summed E-state index contributed by atoms with van der Waals surface area (Å²) in [5.74, 6) is 1.25. The summed E-state index contributed by atoms with van der Waals surface area (Å²) < 4.78 is 11.2. The molecule has 0 spiro atoms. The Bertz CT molecular complexity index is 285. The lowest BCUT2D eigenvalue weighted by molar-refractivity contribution is -0.0833. The maximum Gasteiger partial charge on any atom is 0.0616 e. The largest absolute Gasteiger partial charge is 0.384 e. The zero-order chi connectivity index (χ0) is 13.9. The van der Waals surface area contributed by atoms with Crippen LogP contribution in [-0.4, -0.2) is 56.5 Å². The summed E-state index contributed by atoms with van der Waals surface area (Å²) in [6, 6.07) is 0. The number of likely N-dealkylation sites (tertiary alicyclic amines) is 1. The van der Waals surface area contributed by atoms with E-state index in [2.05, 4.69) is 18.7 Å². The Morgan fingerprint density at radius 1 is 1.47 bits per heavy atom. The summed E-state index contributed by atoms with van der Waals surface area (Å²) in [5.41, 5.74) is 6.33. The predicted molar refractivity (Wildman–Crippen MR) is 77.2 cm³/mol. The van der Waals surface area contributed by atoms with Crippen molar-refractivity contribution in [3.8, 4) is 0 Å². The number of hydrogen-bond acceptors (Lipinski definition) is 4. The van der Waals surface area contributed by atoms with Gasteiger partial charge in [-0.3, -0.25) is 4.90 Å². The second-order valence-corrected chi connectivity index (χ2v) is 6.59. The molecule has 0 aromatic heterocycles. The topological polar surface area (TPSA) is 47.7 Å². The smallest absolute Gasteiger partial charge is 0.0616 e. The van der Waals surface area contributed by atoms with Crippen LogP contribution in [0.5, 0.6) is 0 Å². The molecule has 2 aliphatic heterocycles. The summed E-state index contributed by atoms with van der Waals surface area (Å²) in [5, 5.41) is 0. The summed E-state index contributed by atoms with van der Waals surface area (Å²) >= 11 is 0. The first-order valence-corrected chi connectivity index (χ1v) is 7.67. The molecule has 2 rings (SSSR count). The lowest BCUT2D eigenvalue weighted by Crippen LogP contribution is -2.58. The van der Waals surface area contributed by atoms with Crippen LogP contribution >= 0.6 is 0 Å². The standard InChI is InChI=1S/C15H30N2O2/c1-12(2)14-8-15(11-16,5-7-19-14)17-6-4-13(9-17)10-18-3/h12-14H,4-11,16H2,1-3H3. The molecular weight excluding hydrogens is 240 g/mol. The highest BCUT2D eigenvalue weighted by atomic mass is 16.5. The number of nitrogens with two attached hydrogens (primary N) is 1. The van der Waals surface area contributed by atoms with Crippen molar-refractivity contribution in [2.75, 3.05) is 40.0 Å². The third-order valence-corrected chi connectivity index (χ3v) is 4.96. The Kier molecular flexibility index (Phi) is 5.23. The zero-order valence-corrected chi connectivity index (χ0v) is 12.7. The summed E-state index contributed by atoms with van der Waals surface area (Å²) in [7, 11) is 1.80. The molecular formula is C15H30N2O2. The van der Waals surface area contributed by atoms with Crippen LogP contribution in [0, 0.1) is 11.8 Å². The molecule has 4 heteroatoms. The Balaban J connectivity index is 2.01. The lowest BCUT2D eigenvalue weighted by atomic mass is 9.82. The van der Waals surface area contributed by atoms with Crippen LogP contribution in [0.2, 0.25) is 0 Å². The molecule has 112 valence electrons. The van der Waals surface area contributed by atoms with Gasteiger partial charge in [-0.15, -0.1) is 0 Å². The summed E-state index contributed by atoms with van der Waals surface area (Å²) in [6.07, 6.45) is 3.76. The zero-order valence-electron chi connectivity index (χ0n) is 12.7. The van der Waals surface area contributed by atoms with E-state index in [4.69, 9.17) is 15.2 Å². The first kappa shape index (κ1) is 15.2. The Morgan fingerprint density at radius 3 is 2.89 bits per heavy atom. The molecule has 2 fully saturated rings. The molecule has 2 heterocycles. The third-order valence-electron chi connectivity index (χ3n) is 4.96. The van der Waals surface area contributed by atoms with Crippen LogP contribution in [0.4, 0.5) is 0 Å². The summed E-state index contributed by atoms with van der Waals surface area (Å²) in [4.78, 5) is 2.62. The van der Waals surface area contributed by atoms with E-state index in [-0.39, 0.29) is 5.54 Å². The summed E-state index contributed by atoms with van der Waals surface area (Å²) in [6.45, 7) is 9.27. The van der Waals surface area contributed by atoms with Crippen LogP contribution in [0.3, 0.4) is 0 Å². The van der Waals surface area contributed by atoms with Gasteiger partial charge in [-0.25, -0.2) is 0 Å². The Labute approximate surface area is 117 Å². The lowest BCUT2D eigenvalue weighted by Gasteiger charge is -2.47. The van der Waals surface area contributed by atoms with Gasteiger partial charge in [0, 0.05) is 32.3 Å². The second-order valence-electron chi connectivity index (χ2n) is 6.59. The maximum atomic E-state index is 6.17. The van der Waals surface area contributed by atoms with Crippen molar-refractivity contribution in [1.82, 2.24) is 4.90 Å². The van der Waals surface area contributed by atoms with Crippen molar-refractivity contribution in [2.24, 2.45) is 17.6 Å². The predicted octanol–water partition coefficient (Wildman–Crippen LogP) is 1.49. The minimum Gasteiger partial charge on any atom is -0.384 e. The van der Waals surface area contributed by atoms with Gasteiger partial charge in [0.15, 0.2) is 0 Å². The number of rotatable bonds is 5. The van der Waals surface area contributed by atoms with Gasteiger partial charge in [-0.2, -0.15) is 0 Å². The fraction of sp³-hybridized carbons (Fsp3) is 1.00. The fourth-order valence-electron chi connectivity index (χ4n) is 3.60. The fourth-order valence-corrected chi connectivity index (χ4v) is 3.60. The van der Waals surface area contributed by atoms with E-state index < -0.39 is 0 Å². The van der Waals surface area contributed by atoms with Gasteiger partial charge in [-0.05, 0) is 37.6 Å². The van der Waals surface area contributed by atoms with E-state index in [1.807, 2.05) is 0 Å². The first-order valence-electron chi connectivity index (χ1n) is 7.67. The molecule has 2 saturated heterocycles. The number of nitrogens with zero attached hydrogens (tertiary/aromatic N) is 1. The Hall–Kier alpha value is -0.160. The van der Waals surface area contributed by atoms with Crippen LogP contribution in [-0.2, 0) is 9.47 Å². The van der Waals surface area contributed by atoms with Crippen molar-refractivity contribution in [1.29, 1.82) is 0 Å². The van der Waals surface area contributed by atoms with Gasteiger partial charge < -0.3 is 15.2 Å². The quantitative estimate of drug-likeness (QED) is 0.822. The highest BCUT2D eigenvalue weighted by molar-refractivity contribution is 4.99. The van der Waals surface area contributed by atoms with Crippen LogP contribution in [0.1, 0.15) is 33.1 Å². The normalized spacial score (nSPS) is 37.1. The number of ether oxygens (including phenoxy) is 2. The van der Waals surface area contributed by atoms with Gasteiger partial charge in [0.2, 0.25) is 0 Å². The Morgan fingerprint density at radius 2 is 2.26 bits per heavy atom. The highest BCUT2D eigenvalue weighted by Crippen LogP contribution is 2.36. The minimum absolute atomic E-state index is 0.162. The highest BCUT2D eigenvalue weighted by Gasteiger charge is 2.44. The molecule has 0 saturated carbocycles. The minimum atomic E-state index is 0.162. The molecule has 3 atom stereocenters. The van der Waals surface area contributed by atoms with Crippen LogP contribution in [0.15, 0.2) is 0 Å². The van der Waals surface area contributed by atoms with Crippen LogP contribution in [0.25, 0.3) is 0 Å². The molecule has 2 aliphatic rings. The van der Waals surface area contributed by atoms with Gasteiger partial charge in [0.1, 0.15) is 0 Å². The molecule has 0 aliphatic carbocycles. The molecule has 0 bridgehead atoms. The monoisotopic (exact) mass is 270 g/mol. The molecule has 2 N–H and O–H groups in total. The third kappa shape index (κ3) is 3.30. The average molecular weight is 270 g/mol. The average Bonchev–Trinajstić information content (AvgIpc) is 2.88. The van der Waals surface area contributed by atoms with E-state index in [0.717, 1.165) is 45.7 Å². The van der Waals surface area contributed by atoms with Gasteiger partial charge in [0.25, 0.3) is 0 Å². The molecule has 4 nitrogen and oxygen atoms in total. The van der Waals surface area contributed by atoms with Crippen molar-refractivity contribution in [2.45, 2.75) is 44.8 Å². The van der Waals surface area contributed by atoms with E-state index in [1.165, 1.54) is 6.42 Å². The van der Waals surface area contributed by atoms with Crippen molar-refractivity contribution < 1.29 is 9.47 Å². The van der Waals surface area contributed by atoms with E-state index in [1.54, 1.807) is 7.11 Å². The van der Waals surface area contributed by atoms with Crippen molar-refractivity contribution >= 4 is 0 Å². The molecule has 3 unspecified atom stereocenters.